The Morgan fingerprint density at radius 1 is 1.45 bits per heavy atom. The molecular formula is C12H14F3N3O2. The van der Waals surface area contributed by atoms with Crippen LogP contribution in [0.5, 0.6) is 0 Å². The lowest BCUT2D eigenvalue weighted by Crippen LogP contribution is -2.42. The fourth-order valence-corrected chi connectivity index (χ4v) is 2.46. The Morgan fingerprint density at radius 2 is 2.20 bits per heavy atom. The lowest BCUT2D eigenvalue weighted by Gasteiger charge is -2.32. The molecule has 1 aromatic heterocycles. The summed E-state index contributed by atoms with van der Waals surface area (Å²) in [6.07, 6.45) is -1.98. The number of likely N-dealkylation sites (tertiary alicyclic amines) is 1. The molecule has 0 aliphatic carbocycles. The molecule has 0 aromatic carbocycles. The van der Waals surface area contributed by atoms with E-state index in [-0.39, 0.29) is 18.1 Å². The number of carbonyl (C=O) groups excluding carboxylic acids is 1. The van der Waals surface area contributed by atoms with Crippen LogP contribution >= 0.6 is 0 Å². The van der Waals surface area contributed by atoms with Crippen LogP contribution in [0.3, 0.4) is 0 Å². The number of hydrogen-bond donors (Lipinski definition) is 0. The third-order valence-corrected chi connectivity index (χ3v) is 3.59. The molecule has 20 heavy (non-hydrogen) atoms. The summed E-state index contributed by atoms with van der Waals surface area (Å²) in [5, 5.41) is 3.58. The van der Waals surface area contributed by atoms with Crippen molar-refractivity contribution >= 4 is 5.91 Å². The van der Waals surface area contributed by atoms with Crippen LogP contribution in [0.15, 0.2) is 12.3 Å². The molecule has 0 radical (unpaired) electrons. The number of nitrogens with zero attached hydrogens (tertiary/aromatic N) is 3. The zero-order valence-electron chi connectivity index (χ0n) is 10.6. The first kappa shape index (κ1) is 13.4. The van der Waals surface area contributed by atoms with Gasteiger partial charge < -0.3 is 9.64 Å². The van der Waals surface area contributed by atoms with Gasteiger partial charge in [0.05, 0.1) is 12.6 Å². The standard InChI is InChI=1S/C12H14F3N3O2/c13-12(14,15)10-3-5-18(16-10)8-2-1-4-17(6-8)11(19)9-7-20-9/h3,5,8-9H,1-2,4,6-7H2. The first-order chi connectivity index (χ1) is 9.45. The molecule has 8 heteroatoms. The SMILES string of the molecule is O=C(C1CO1)N1CCCC(n2ccc(C(F)(F)F)n2)C1. The Kier molecular flexibility index (Phi) is 3.19. The fraction of sp³-hybridized carbons (Fsp3) is 0.667. The third kappa shape index (κ3) is 2.65. The molecule has 2 atom stereocenters. The molecule has 3 rings (SSSR count). The summed E-state index contributed by atoms with van der Waals surface area (Å²) < 4.78 is 43.9. The van der Waals surface area contributed by atoms with Crippen molar-refractivity contribution in [3.8, 4) is 0 Å². The number of carbonyl (C=O) groups is 1. The van der Waals surface area contributed by atoms with E-state index < -0.39 is 11.9 Å². The van der Waals surface area contributed by atoms with Crippen LogP contribution in [-0.4, -0.2) is 46.4 Å². The summed E-state index contributed by atoms with van der Waals surface area (Å²) in [5.41, 5.74) is -0.897. The predicted molar refractivity (Wildman–Crippen MR) is 61.8 cm³/mol. The molecule has 1 aromatic rings. The highest BCUT2D eigenvalue weighted by Crippen LogP contribution is 2.29. The van der Waals surface area contributed by atoms with Gasteiger partial charge in [-0.2, -0.15) is 18.3 Å². The Labute approximate surface area is 113 Å². The van der Waals surface area contributed by atoms with E-state index in [1.165, 1.54) is 10.9 Å². The molecule has 0 N–H and O–H groups in total. The van der Waals surface area contributed by atoms with E-state index in [4.69, 9.17) is 4.74 Å². The van der Waals surface area contributed by atoms with Crippen LogP contribution in [0.25, 0.3) is 0 Å². The summed E-state index contributed by atoms with van der Waals surface area (Å²) in [4.78, 5) is 13.5. The summed E-state index contributed by atoms with van der Waals surface area (Å²) >= 11 is 0. The Morgan fingerprint density at radius 3 is 2.80 bits per heavy atom. The van der Waals surface area contributed by atoms with Gasteiger partial charge in [-0.3, -0.25) is 9.48 Å². The number of alkyl halides is 3. The Bertz CT molecular complexity index is 510. The number of aromatic nitrogens is 2. The van der Waals surface area contributed by atoms with Crippen LogP contribution in [0.4, 0.5) is 13.2 Å². The third-order valence-electron chi connectivity index (χ3n) is 3.59. The summed E-state index contributed by atoms with van der Waals surface area (Å²) in [7, 11) is 0. The van der Waals surface area contributed by atoms with Gasteiger partial charge in [0.25, 0.3) is 5.91 Å². The number of epoxide rings is 1. The predicted octanol–water partition coefficient (Wildman–Crippen LogP) is 1.46. The van der Waals surface area contributed by atoms with E-state index in [2.05, 4.69) is 5.10 Å². The normalized spacial score (nSPS) is 26.6. The van der Waals surface area contributed by atoms with Crippen molar-refractivity contribution in [3.63, 3.8) is 0 Å². The largest absolute Gasteiger partial charge is 0.435 e. The maximum Gasteiger partial charge on any atom is 0.435 e. The smallest absolute Gasteiger partial charge is 0.363 e. The molecular weight excluding hydrogens is 275 g/mol. The summed E-state index contributed by atoms with van der Waals surface area (Å²) in [5.74, 6) is -0.0714. The zero-order chi connectivity index (χ0) is 14.3. The maximum atomic E-state index is 12.5. The number of rotatable bonds is 2. The second kappa shape index (κ2) is 4.76. The molecule has 110 valence electrons. The lowest BCUT2D eigenvalue weighted by molar-refractivity contribution is -0.142. The topological polar surface area (TPSA) is 50.7 Å². The molecule has 0 saturated carbocycles. The highest BCUT2D eigenvalue weighted by molar-refractivity contribution is 5.83. The molecule has 2 unspecified atom stereocenters. The monoisotopic (exact) mass is 289 g/mol. The summed E-state index contributed by atoms with van der Waals surface area (Å²) in [6.45, 7) is 1.46. The second-order valence-corrected chi connectivity index (χ2v) is 5.08. The van der Waals surface area contributed by atoms with E-state index >= 15 is 0 Å². The molecule has 0 bridgehead atoms. The molecule has 2 saturated heterocycles. The van der Waals surface area contributed by atoms with E-state index in [1.54, 1.807) is 4.90 Å². The maximum absolute atomic E-state index is 12.5. The minimum absolute atomic E-state index is 0.0714. The van der Waals surface area contributed by atoms with Crippen LogP contribution < -0.4 is 0 Å². The van der Waals surface area contributed by atoms with Crippen molar-refractivity contribution in [3.05, 3.63) is 18.0 Å². The highest BCUT2D eigenvalue weighted by atomic mass is 19.4. The molecule has 5 nitrogen and oxygen atoms in total. The number of piperidine rings is 1. The summed E-state index contributed by atoms with van der Waals surface area (Å²) in [6, 6.07) is 0.757. The highest BCUT2D eigenvalue weighted by Gasteiger charge is 2.38. The van der Waals surface area contributed by atoms with Crippen molar-refractivity contribution in [1.29, 1.82) is 0 Å². The van der Waals surface area contributed by atoms with E-state index in [0.29, 0.717) is 26.1 Å². The fourth-order valence-electron chi connectivity index (χ4n) is 2.46. The van der Waals surface area contributed by atoms with Crippen molar-refractivity contribution in [2.75, 3.05) is 19.7 Å². The molecule has 1 amide bonds. The van der Waals surface area contributed by atoms with Gasteiger partial charge in [-0.05, 0) is 18.9 Å². The first-order valence-corrected chi connectivity index (χ1v) is 6.48. The molecule has 2 aliphatic rings. The van der Waals surface area contributed by atoms with Crippen LogP contribution in [0, 0.1) is 0 Å². The average Bonchev–Trinajstić information content (AvgIpc) is 3.13. The first-order valence-electron chi connectivity index (χ1n) is 6.48. The Hall–Kier alpha value is -1.57. The van der Waals surface area contributed by atoms with E-state index in [1.807, 2.05) is 0 Å². The second-order valence-electron chi connectivity index (χ2n) is 5.08. The number of halogens is 3. The Balaban J connectivity index is 1.70. The average molecular weight is 289 g/mol. The van der Waals surface area contributed by atoms with Gasteiger partial charge in [0, 0.05) is 19.3 Å². The quantitative estimate of drug-likeness (QED) is 0.775. The van der Waals surface area contributed by atoms with Gasteiger partial charge in [-0.15, -0.1) is 0 Å². The zero-order valence-corrected chi connectivity index (χ0v) is 10.6. The molecule has 0 spiro atoms. The number of ether oxygens (including phenoxy) is 1. The van der Waals surface area contributed by atoms with Crippen LogP contribution in [0.1, 0.15) is 24.6 Å². The van der Waals surface area contributed by atoms with E-state index in [9.17, 15) is 18.0 Å². The van der Waals surface area contributed by atoms with Gasteiger partial charge in [-0.25, -0.2) is 0 Å². The van der Waals surface area contributed by atoms with Gasteiger partial charge in [0.1, 0.15) is 0 Å². The van der Waals surface area contributed by atoms with Crippen LogP contribution in [-0.2, 0) is 15.7 Å². The lowest BCUT2D eigenvalue weighted by atomic mass is 10.1. The molecule has 3 heterocycles. The van der Waals surface area contributed by atoms with Crippen LogP contribution in [0.2, 0.25) is 0 Å². The molecule has 2 fully saturated rings. The minimum Gasteiger partial charge on any atom is -0.363 e. The minimum atomic E-state index is -4.43. The number of hydrogen-bond acceptors (Lipinski definition) is 3. The van der Waals surface area contributed by atoms with E-state index in [0.717, 1.165) is 12.5 Å². The number of amides is 1. The van der Waals surface area contributed by atoms with Gasteiger partial charge in [-0.1, -0.05) is 0 Å². The van der Waals surface area contributed by atoms with Gasteiger partial charge in [0.15, 0.2) is 11.8 Å². The van der Waals surface area contributed by atoms with Crippen molar-refractivity contribution in [1.82, 2.24) is 14.7 Å². The van der Waals surface area contributed by atoms with Crippen molar-refractivity contribution in [2.45, 2.75) is 31.2 Å². The molecule has 2 aliphatic heterocycles. The van der Waals surface area contributed by atoms with Crippen molar-refractivity contribution in [2.24, 2.45) is 0 Å². The van der Waals surface area contributed by atoms with Gasteiger partial charge >= 0.3 is 6.18 Å². The van der Waals surface area contributed by atoms with Crippen molar-refractivity contribution < 1.29 is 22.7 Å². The van der Waals surface area contributed by atoms with Gasteiger partial charge in [0.2, 0.25) is 0 Å².